The van der Waals surface area contributed by atoms with Gasteiger partial charge < -0.3 is 0 Å². The van der Waals surface area contributed by atoms with Crippen LogP contribution in [0.4, 0.5) is 0 Å². The fourth-order valence-electron chi connectivity index (χ4n) is 1.11. The molecule has 58 valence electrons. The second-order valence-corrected chi connectivity index (χ2v) is 2.56. The molecule has 0 saturated carbocycles. The minimum Gasteiger partial charge on any atom is -0.232 e. The molecule has 1 aliphatic heterocycles. The number of hydrogen-bond donors (Lipinski definition) is 1. The molecule has 2 N–H and O–H groups in total. The Balaban J connectivity index is 2.35. The van der Waals surface area contributed by atoms with Crippen LogP contribution >= 0.6 is 0 Å². The summed E-state index contributed by atoms with van der Waals surface area (Å²) < 4.78 is 0.174. The Morgan fingerprint density at radius 3 is 3.00 bits per heavy atom. The lowest BCUT2D eigenvalue weighted by molar-refractivity contribution is 0.233. The highest BCUT2D eigenvalue weighted by Gasteiger charge is 2.27. The molecule has 5 heteroatoms. The molecule has 1 aromatic rings. The molecule has 1 aromatic heterocycles. The molecule has 0 bridgehead atoms. The van der Waals surface area contributed by atoms with E-state index in [4.69, 9.17) is 5.84 Å². The number of nitrogens with two attached hydrogens (primary N) is 1. The third-order valence-electron chi connectivity index (χ3n) is 1.74. The molecule has 2 rings (SSSR count). The molecule has 1 atom stereocenters. The second-order valence-electron chi connectivity index (χ2n) is 2.56. The minimum atomic E-state index is 0.174. The summed E-state index contributed by atoms with van der Waals surface area (Å²) in [6.07, 6.45) is 5.24. The number of nitrogens with zero attached hydrogens (tertiary/aromatic N) is 4. The lowest BCUT2D eigenvalue weighted by atomic mass is 10.6. The first kappa shape index (κ1) is 6.51. The van der Waals surface area contributed by atoms with Gasteiger partial charge in [-0.05, 0) is 6.07 Å². The van der Waals surface area contributed by atoms with E-state index in [0.717, 1.165) is 13.1 Å². The maximum Gasteiger partial charge on any atom is 0.232 e. The topological polar surface area (TPSA) is 56.2 Å². The summed E-state index contributed by atoms with van der Waals surface area (Å²) in [7, 11) is 0. The van der Waals surface area contributed by atoms with Crippen LogP contribution in [0.3, 0.4) is 0 Å². The van der Waals surface area contributed by atoms with Gasteiger partial charge in [0.15, 0.2) is 0 Å². The van der Waals surface area contributed by atoms with Gasteiger partial charge in [0.1, 0.15) is 6.54 Å². The van der Waals surface area contributed by atoms with Gasteiger partial charge in [-0.2, -0.15) is 0 Å². The first-order chi connectivity index (χ1) is 5.31. The number of rotatable bonds is 1. The second kappa shape index (κ2) is 2.14. The molecule has 0 aromatic carbocycles. The standard InChI is InChI=1S/C6H10N5/c7-11(5-3-8-6-11)10-4-1-2-9-10/h1-2,4,6H,3,5,7H2/q+1. The van der Waals surface area contributed by atoms with Crippen molar-refractivity contribution in [3.05, 3.63) is 18.5 Å². The molecular formula is C6H10N5+. The average Bonchev–Trinajstić information content (AvgIpc) is 2.55. The number of quaternary nitrogens is 1. The van der Waals surface area contributed by atoms with Crippen LogP contribution in [0.15, 0.2) is 23.5 Å². The zero-order valence-corrected chi connectivity index (χ0v) is 6.09. The van der Waals surface area contributed by atoms with Crippen molar-refractivity contribution in [1.82, 2.24) is 14.6 Å². The zero-order chi connectivity index (χ0) is 7.73. The molecule has 0 saturated heterocycles. The predicted molar refractivity (Wildman–Crippen MR) is 42.2 cm³/mol. The molecular weight excluding hydrogens is 142 g/mol. The highest BCUT2D eigenvalue weighted by atomic mass is 15.9. The third kappa shape index (κ3) is 0.941. The van der Waals surface area contributed by atoms with Crippen LogP contribution in [0, 0.1) is 0 Å². The van der Waals surface area contributed by atoms with Crippen LogP contribution in [0.25, 0.3) is 0 Å². The summed E-state index contributed by atoms with van der Waals surface area (Å²) in [5.41, 5.74) is 0. The Kier molecular flexibility index (Phi) is 1.27. The van der Waals surface area contributed by atoms with E-state index >= 15 is 0 Å². The first-order valence-electron chi connectivity index (χ1n) is 3.49. The van der Waals surface area contributed by atoms with E-state index in [-0.39, 0.29) is 4.70 Å². The normalized spacial score (nSPS) is 29.5. The van der Waals surface area contributed by atoms with Crippen LogP contribution in [0.1, 0.15) is 0 Å². The SMILES string of the molecule is N[N+]1(n2cccn2)C=NCC1. The van der Waals surface area contributed by atoms with E-state index in [0.29, 0.717) is 0 Å². The molecule has 0 amide bonds. The van der Waals surface area contributed by atoms with Crippen molar-refractivity contribution in [2.24, 2.45) is 10.8 Å². The number of aromatic nitrogens is 2. The van der Waals surface area contributed by atoms with Gasteiger partial charge in [-0.3, -0.25) is 0 Å². The van der Waals surface area contributed by atoms with Gasteiger partial charge in [0.25, 0.3) is 0 Å². The minimum absolute atomic E-state index is 0.174. The van der Waals surface area contributed by atoms with E-state index in [2.05, 4.69) is 10.1 Å². The quantitative estimate of drug-likeness (QED) is 0.424. The Morgan fingerprint density at radius 2 is 2.45 bits per heavy atom. The Labute approximate surface area is 64.3 Å². The molecule has 2 heterocycles. The van der Waals surface area contributed by atoms with E-state index in [1.54, 1.807) is 17.3 Å². The highest BCUT2D eigenvalue weighted by molar-refractivity contribution is 5.63. The van der Waals surface area contributed by atoms with Crippen LogP contribution in [0.2, 0.25) is 0 Å². The number of aliphatic imine (C=N–C) groups is 1. The van der Waals surface area contributed by atoms with Gasteiger partial charge in [-0.15, -0.1) is 10.9 Å². The van der Waals surface area contributed by atoms with Gasteiger partial charge in [-0.1, -0.05) is 9.49 Å². The van der Waals surface area contributed by atoms with E-state index in [1.807, 2.05) is 12.3 Å². The van der Waals surface area contributed by atoms with Crippen molar-refractivity contribution in [2.75, 3.05) is 13.1 Å². The lowest BCUT2D eigenvalue weighted by Crippen LogP contribution is -2.62. The van der Waals surface area contributed by atoms with Crippen molar-refractivity contribution in [3.63, 3.8) is 0 Å². The van der Waals surface area contributed by atoms with Crippen LogP contribution in [0.5, 0.6) is 0 Å². The maximum absolute atomic E-state index is 5.91. The molecule has 0 spiro atoms. The van der Waals surface area contributed by atoms with E-state index < -0.39 is 0 Å². The smallest absolute Gasteiger partial charge is 0.232 e. The van der Waals surface area contributed by atoms with Crippen LogP contribution in [-0.2, 0) is 0 Å². The van der Waals surface area contributed by atoms with E-state index in [9.17, 15) is 0 Å². The van der Waals surface area contributed by atoms with Crippen molar-refractivity contribution >= 4 is 6.34 Å². The molecule has 11 heavy (non-hydrogen) atoms. The summed E-state index contributed by atoms with van der Waals surface area (Å²) in [6, 6.07) is 1.85. The Hall–Kier alpha value is -1.20. The van der Waals surface area contributed by atoms with Crippen LogP contribution < -0.4 is 10.5 Å². The van der Waals surface area contributed by atoms with Gasteiger partial charge >= 0.3 is 0 Å². The molecule has 0 radical (unpaired) electrons. The Morgan fingerprint density at radius 1 is 1.55 bits per heavy atom. The van der Waals surface area contributed by atoms with Crippen molar-refractivity contribution in [3.8, 4) is 0 Å². The predicted octanol–water partition coefficient (Wildman–Crippen LogP) is -0.762. The largest absolute Gasteiger partial charge is 0.232 e. The summed E-state index contributed by atoms with van der Waals surface area (Å²) in [5.74, 6) is 5.91. The molecule has 0 fully saturated rings. The highest BCUT2D eigenvalue weighted by Crippen LogP contribution is 1.98. The molecule has 1 unspecified atom stereocenters. The van der Waals surface area contributed by atoms with Gasteiger partial charge in [0, 0.05) is 0 Å². The van der Waals surface area contributed by atoms with Crippen molar-refractivity contribution in [1.29, 1.82) is 0 Å². The summed E-state index contributed by atoms with van der Waals surface area (Å²) in [6.45, 7) is 1.55. The summed E-state index contributed by atoms with van der Waals surface area (Å²) >= 11 is 0. The van der Waals surface area contributed by atoms with Crippen LogP contribution in [-0.4, -0.2) is 29.3 Å². The fourth-order valence-corrected chi connectivity index (χ4v) is 1.11. The van der Waals surface area contributed by atoms with Gasteiger partial charge in [0.05, 0.1) is 18.9 Å². The summed E-state index contributed by atoms with van der Waals surface area (Å²) in [4.78, 5) is 5.73. The summed E-state index contributed by atoms with van der Waals surface area (Å²) in [5, 5.41) is 4.04. The van der Waals surface area contributed by atoms with E-state index in [1.165, 1.54) is 0 Å². The third-order valence-corrected chi connectivity index (χ3v) is 1.74. The monoisotopic (exact) mass is 152 g/mol. The first-order valence-corrected chi connectivity index (χ1v) is 3.49. The Bertz CT molecular complexity index is 265. The van der Waals surface area contributed by atoms with Gasteiger partial charge in [0.2, 0.25) is 6.34 Å². The number of hydrogen-bond acceptors (Lipinski definition) is 3. The lowest BCUT2D eigenvalue weighted by Gasteiger charge is -2.20. The molecule has 1 aliphatic rings. The fraction of sp³-hybridized carbons (Fsp3) is 0.333. The zero-order valence-electron chi connectivity index (χ0n) is 6.09. The van der Waals surface area contributed by atoms with Gasteiger partial charge in [-0.25, -0.2) is 4.99 Å². The van der Waals surface area contributed by atoms with Crippen molar-refractivity contribution in [2.45, 2.75) is 0 Å². The maximum atomic E-state index is 5.91. The molecule has 5 nitrogen and oxygen atoms in total. The van der Waals surface area contributed by atoms with Crippen molar-refractivity contribution < 1.29 is 0 Å². The molecule has 0 aliphatic carbocycles. The average molecular weight is 152 g/mol.